The number of rotatable bonds is 15. The number of hydrogen-bond donors (Lipinski definition) is 1. The fourth-order valence-electron chi connectivity index (χ4n) is 4.57. The van der Waals surface area contributed by atoms with Gasteiger partial charge in [-0.25, -0.2) is 8.42 Å². The van der Waals surface area contributed by atoms with Gasteiger partial charge in [0.25, 0.3) is 10.0 Å². The zero-order valence-corrected chi connectivity index (χ0v) is 26.6. The second-order valence-electron chi connectivity index (χ2n) is 9.84. The molecule has 0 heterocycles. The van der Waals surface area contributed by atoms with Crippen LogP contribution in [0, 0.1) is 6.92 Å². The molecule has 0 spiro atoms. The van der Waals surface area contributed by atoms with Gasteiger partial charge in [-0.15, -0.1) is 11.8 Å². The molecule has 0 aromatic heterocycles. The van der Waals surface area contributed by atoms with E-state index in [2.05, 4.69) is 5.32 Å². The highest BCUT2D eigenvalue weighted by atomic mass is 32.2. The molecule has 1 unspecified atom stereocenters. The maximum absolute atomic E-state index is 14.2. The maximum Gasteiger partial charge on any atom is 0.264 e. The van der Waals surface area contributed by atoms with Gasteiger partial charge in [0, 0.05) is 18.0 Å². The zero-order chi connectivity index (χ0) is 30.7. The summed E-state index contributed by atoms with van der Waals surface area (Å²) < 4.78 is 34.8. The number of ether oxygens (including phenoxy) is 1. The predicted molar refractivity (Wildman–Crippen MR) is 169 cm³/mol. The van der Waals surface area contributed by atoms with Gasteiger partial charge in [-0.2, -0.15) is 0 Å². The average Bonchev–Trinajstić information content (AvgIpc) is 2.99. The molecule has 3 rings (SSSR count). The van der Waals surface area contributed by atoms with Crippen molar-refractivity contribution in [3.63, 3.8) is 0 Å². The number of aryl methyl sites for hydroxylation is 1. The maximum atomic E-state index is 14.2. The third-order valence-corrected chi connectivity index (χ3v) is 9.26. The van der Waals surface area contributed by atoms with Crippen molar-refractivity contribution in [2.75, 3.05) is 30.3 Å². The van der Waals surface area contributed by atoms with Gasteiger partial charge in [-0.3, -0.25) is 13.9 Å². The minimum Gasteiger partial charge on any atom is -0.494 e. The number of benzene rings is 3. The number of anilines is 1. The number of carbonyl (C=O) groups is 2. The van der Waals surface area contributed by atoms with Gasteiger partial charge in [0.05, 0.1) is 17.2 Å². The van der Waals surface area contributed by atoms with Crippen molar-refractivity contribution in [2.45, 2.75) is 62.9 Å². The van der Waals surface area contributed by atoms with E-state index in [4.69, 9.17) is 4.74 Å². The molecule has 0 aliphatic carbocycles. The molecule has 0 aliphatic rings. The van der Waals surface area contributed by atoms with Gasteiger partial charge in [0.1, 0.15) is 18.3 Å². The molecule has 0 aliphatic heterocycles. The second-order valence-corrected chi connectivity index (χ2v) is 12.6. The predicted octanol–water partition coefficient (Wildman–Crippen LogP) is 5.64. The summed E-state index contributed by atoms with van der Waals surface area (Å²) in [5, 5.41) is 2.91. The number of nitrogens with zero attached hydrogens (tertiary/aromatic N) is 2. The summed E-state index contributed by atoms with van der Waals surface area (Å²) in [7, 11) is -4.14. The van der Waals surface area contributed by atoms with Crippen molar-refractivity contribution < 1.29 is 22.7 Å². The van der Waals surface area contributed by atoms with E-state index in [9.17, 15) is 18.0 Å². The average molecular weight is 612 g/mol. The van der Waals surface area contributed by atoms with Crippen LogP contribution in [0.3, 0.4) is 0 Å². The van der Waals surface area contributed by atoms with E-state index in [0.29, 0.717) is 31.0 Å². The van der Waals surface area contributed by atoms with Gasteiger partial charge in [0.2, 0.25) is 11.8 Å². The second kappa shape index (κ2) is 15.7. The number of thioether (sulfide) groups is 1. The quantitative estimate of drug-likeness (QED) is 0.223. The van der Waals surface area contributed by atoms with Crippen LogP contribution in [0.5, 0.6) is 5.75 Å². The van der Waals surface area contributed by atoms with E-state index in [1.54, 1.807) is 48.5 Å². The number of hydrogen-bond acceptors (Lipinski definition) is 6. The smallest absolute Gasteiger partial charge is 0.264 e. The topological polar surface area (TPSA) is 96.0 Å². The molecule has 226 valence electrons. The fraction of sp³-hybridized carbons (Fsp3) is 0.375. The van der Waals surface area contributed by atoms with E-state index >= 15 is 0 Å². The first-order valence-corrected chi connectivity index (χ1v) is 16.8. The fourth-order valence-corrected chi connectivity index (χ4v) is 6.39. The molecule has 0 bridgehead atoms. The summed E-state index contributed by atoms with van der Waals surface area (Å²) in [6, 6.07) is 20.2. The van der Waals surface area contributed by atoms with Crippen molar-refractivity contribution in [3.8, 4) is 5.75 Å². The Bertz CT molecular complexity index is 1430. The highest BCUT2D eigenvalue weighted by Crippen LogP contribution is 2.28. The SMILES string of the molecule is CCCNC(=O)C(CC)N(Cc1cccc(C)c1)C(=O)CN(c1ccc(OCC)cc1)S(=O)(=O)c1ccc(SC)cc1. The van der Waals surface area contributed by atoms with E-state index in [0.717, 1.165) is 26.7 Å². The summed E-state index contributed by atoms with van der Waals surface area (Å²) in [6.07, 6.45) is 3.05. The lowest BCUT2D eigenvalue weighted by Gasteiger charge is -2.33. The Hall–Kier alpha value is -3.50. The molecular formula is C32H41N3O5S2. The van der Waals surface area contributed by atoms with Crippen LogP contribution in [-0.2, 0) is 26.2 Å². The lowest BCUT2D eigenvalue weighted by molar-refractivity contribution is -0.140. The van der Waals surface area contributed by atoms with Crippen LogP contribution in [0.4, 0.5) is 5.69 Å². The monoisotopic (exact) mass is 611 g/mol. The van der Waals surface area contributed by atoms with Crippen LogP contribution in [0.25, 0.3) is 0 Å². The molecule has 0 saturated heterocycles. The lowest BCUT2D eigenvalue weighted by Crippen LogP contribution is -2.52. The third-order valence-electron chi connectivity index (χ3n) is 6.73. The van der Waals surface area contributed by atoms with Crippen molar-refractivity contribution in [1.29, 1.82) is 0 Å². The standard InChI is InChI=1S/C32H41N3O5S2/c1-6-20-33-32(37)30(7-2)34(22-25-11-9-10-24(4)21-25)31(36)23-35(26-12-14-27(15-13-26)40-8-3)42(38,39)29-18-16-28(41-5)17-19-29/h9-19,21,30H,6-8,20,22-23H2,1-5H3,(H,33,37). The van der Waals surface area contributed by atoms with Gasteiger partial charge >= 0.3 is 0 Å². The normalized spacial score (nSPS) is 11.9. The largest absolute Gasteiger partial charge is 0.494 e. The lowest BCUT2D eigenvalue weighted by atomic mass is 10.1. The van der Waals surface area contributed by atoms with Crippen LogP contribution in [0.15, 0.2) is 82.6 Å². The Morgan fingerprint density at radius 3 is 2.24 bits per heavy atom. The highest BCUT2D eigenvalue weighted by molar-refractivity contribution is 7.98. The molecule has 3 aromatic carbocycles. The van der Waals surface area contributed by atoms with Gasteiger partial charge in [-0.1, -0.05) is 43.7 Å². The van der Waals surface area contributed by atoms with E-state index in [1.165, 1.54) is 16.7 Å². The number of sulfonamides is 1. The summed E-state index contributed by atoms with van der Waals surface area (Å²) in [4.78, 5) is 29.9. The number of amides is 2. The minimum absolute atomic E-state index is 0.0694. The first kappa shape index (κ1) is 33.0. The van der Waals surface area contributed by atoms with Gasteiger partial charge in [0.15, 0.2) is 0 Å². The molecule has 10 heteroatoms. The number of nitrogens with one attached hydrogen (secondary N) is 1. The molecular weight excluding hydrogens is 571 g/mol. The highest BCUT2D eigenvalue weighted by Gasteiger charge is 2.33. The van der Waals surface area contributed by atoms with Crippen molar-refractivity contribution >= 4 is 39.3 Å². The Morgan fingerprint density at radius 2 is 1.67 bits per heavy atom. The Morgan fingerprint density at radius 1 is 0.976 bits per heavy atom. The summed E-state index contributed by atoms with van der Waals surface area (Å²) in [6.45, 7) is 8.27. The summed E-state index contributed by atoms with van der Waals surface area (Å²) >= 11 is 1.51. The molecule has 2 amide bonds. The molecule has 3 aromatic rings. The number of carbonyl (C=O) groups excluding carboxylic acids is 2. The summed E-state index contributed by atoms with van der Waals surface area (Å²) in [5.74, 6) is -0.148. The third kappa shape index (κ3) is 8.51. The first-order valence-electron chi connectivity index (χ1n) is 14.2. The Balaban J connectivity index is 2.06. The van der Waals surface area contributed by atoms with E-state index in [1.807, 2.05) is 58.2 Å². The molecule has 0 radical (unpaired) electrons. The molecule has 0 saturated carbocycles. The van der Waals surface area contributed by atoms with E-state index < -0.39 is 28.5 Å². The van der Waals surface area contributed by atoms with Crippen LogP contribution in [0.2, 0.25) is 0 Å². The van der Waals surface area contributed by atoms with Crippen LogP contribution in [0.1, 0.15) is 44.7 Å². The molecule has 42 heavy (non-hydrogen) atoms. The van der Waals surface area contributed by atoms with Crippen LogP contribution < -0.4 is 14.4 Å². The Kier molecular flexibility index (Phi) is 12.3. The molecule has 1 atom stereocenters. The molecule has 0 fully saturated rings. The van der Waals surface area contributed by atoms with Crippen molar-refractivity contribution in [1.82, 2.24) is 10.2 Å². The van der Waals surface area contributed by atoms with Crippen LogP contribution >= 0.6 is 11.8 Å². The Labute approximate surface area is 254 Å². The minimum atomic E-state index is -4.14. The molecule has 8 nitrogen and oxygen atoms in total. The van der Waals surface area contributed by atoms with Crippen molar-refractivity contribution in [3.05, 3.63) is 83.9 Å². The molecule has 1 N–H and O–H groups in total. The van der Waals surface area contributed by atoms with Crippen LogP contribution in [-0.4, -0.2) is 57.1 Å². The zero-order valence-electron chi connectivity index (χ0n) is 25.0. The van der Waals surface area contributed by atoms with Gasteiger partial charge < -0.3 is 15.0 Å². The van der Waals surface area contributed by atoms with Gasteiger partial charge in [-0.05, 0) is 87.0 Å². The first-order chi connectivity index (χ1) is 20.1. The van der Waals surface area contributed by atoms with Crippen molar-refractivity contribution in [2.24, 2.45) is 0 Å². The summed E-state index contributed by atoms with van der Waals surface area (Å²) in [5.41, 5.74) is 2.20. The van der Waals surface area contributed by atoms with E-state index in [-0.39, 0.29) is 17.3 Å².